The Labute approximate surface area is 159 Å². The molecule has 2 unspecified atom stereocenters. The molecule has 0 radical (unpaired) electrons. The number of likely N-dealkylation sites (tertiary alicyclic amines) is 1. The van der Waals surface area contributed by atoms with Crippen molar-refractivity contribution in [2.24, 2.45) is 0 Å². The first-order chi connectivity index (χ1) is 12.8. The molecule has 1 saturated heterocycles. The molecule has 2 atom stereocenters. The first kappa shape index (κ1) is 20.0. The Bertz CT molecular complexity index is 790. The highest BCUT2D eigenvalue weighted by molar-refractivity contribution is 7.90. The van der Waals surface area contributed by atoms with Crippen LogP contribution in [0.25, 0.3) is 0 Å². The van der Waals surface area contributed by atoms with Crippen LogP contribution in [-0.4, -0.2) is 60.9 Å². The Balaban J connectivity index is 1.70. The lowest BCUT2D eigenvalue weighted by Crippen LogP contribution is -2.50. The number of benzene rings is 1. The summed E-state index contributed by atoms with van der Waals surface area (Å²) in [6, 6.07) is 4.60. The molecule has 2 fully saturated rings. The van der Waals surface area contributed by atoms with E-state index in [-0.39, 0.29) is 34.5 Å². The molecular weight excluding hydrogens is 370 g/mol. The van der Waals surface area contributed by atoms with Crippen LogP contribution < -0.4 is 5.32 Å². The highest BCUT2D eigenvalue weighted by atomic mass is 32.2. The minimum absolute atomic E-state index is 0.0375. The SMILES string of the molecule is CS(=O)(=O)c1cccc(NC2CCN(C3CCCCC3O)CC2)c1[N+](=O)[O-]. The van der Waals surface area contributed by atoms with Crippen LogP contribution in [0.4, 0.5) is 11.4 Å². The van der Waals surface area contributed by atoms with Gasteiger partial charge in [0.15, 0.2) is 9.84 Å². The molecule has 1 aliphatic carbocycles. The van der Waals surface area contributed by atoms with Crippen LogP contribution >= 0.6 is 0 Å². The molecule has 0 amide bonds. The van der Waals surface area contributed by atoms with Crippen LogP contribution in [0.1, 0.15) is 38.5 Å². The summed E-state index contributed by atoms with van der Waals surface area (Å²) < 4.78 is 23.8. The van der Waals surface area contributed by atoms with Crippen molar-refractivity contribution in [1.29, 1.82) is 0 Å². The molecular formula is C18H27N3O5S. The van der Waals surface area contributed by atoms with Crippen LogP contribution in [0.2, 0.25) is 0 Å². The third-order valence-electron chi connectivity index (χ3n) is 5.63. The van der Waals surface area contributed by atoms with Crippen molar-refractivity contribution in [2.75, 3.05) is 24.7 Å². The molecule has 27 heavy (non-hydrogen) atoms. The van der Waals surface area contributed by atoms with Gasteiger partial charge in [-0.2, -0.15) is 0 Å². The summed E-state index contributed by atoms with van der Waals surface area (Å²) in [7, 11) is -3.69. The lowest BCUT2D eigenvalue weighted by molar-refractivity contribution is -0.386. The smallest absolute Gasteiger partial charge is 0.310 e. The standard InChI is InChI=1S/C18H27N3O5S/c1-27(25,26)17-8-4-5-14(18(17)21(23)24)19-13-9-11-20(12-10-13)15-6-2-3-7-16(15)22/h4-5,8,13,15-16,19,22H,2-3,6-7,9-12H2,1H3. The summed E-state index contributed by atoms with van der Waals surface area (Å²) in [6.07, 6.45) is 6.39. The van der Waals surface area contributed by atoms with Crippen molar-refractivity contribution in [3.63, 3.8) is 0 Å². The third-order valence-corrected chi connectivity index (χ3v) is 6.76. The number of nitrogens with zero attached hydrogens (tertiary/aromatic N) is 2. The van der Waals surface area contributed by atoms with E-state index >= 15 is 0 Å². The van der Waals surface area contributed by atoms with Gasteiger partial charge in [0, 0.05) is 31.4 Å². The van der Waals surface area contributed by atoms with Gasteiger partial charge >= 0.3 is 5.69 Å². The molecule has 3 rings (SSSR count). The minimum atomic E-state index is -3.69. The second kappa shape index (κ2) is 8.12. The Morgan fingerprint density at radius 1 is 1.19 bits per heavy atom. The van der Waals surface area contributed by atoms with Gasteiger partial charge in [-0.25, -0.2) is 8.42 Å². The van der Waals surface area contributed by atoms with Gasteiger partial charge < -0.3 is 10.4 Å². The lowest BCUT2D eigenvalue weighted by Gasteiger charge is -2.41. The van der Waals surface area contributed by atoms with Gasteiger partial charge in [0.2, 0.25) is 0 Å². The first-order valence-electron chi connectivity index (χ1n) is 9.43. The average Bonchev–Trinajstić information content (AvgIpc) is 2.62. The predicted octanol–water partition coefficient (Wildman–Crippen LogP) is 2.18. The van der Waals surface area contributed by atoms with E-state index in [0.29, 0.717) is 0 Å². The fourth-order valence-corrected chi connectivity index (χ4v) is 5.10. The minimum Gasteiger partial charge on any atom is -0.391 e. The normalized spacial score (nSPS) is 25.3. The third kappa shape index (κ3) is 4.59. The topological polar surface area (TPSA) is 113 Å². The molecule has 1 aliphatic heterocycles. The van der Waals surface area contributed by atoms with E-state index in [0.717, 1.165) is 57.9 Å². The van der Waals surface area contributed by atoms with Gasteiger partial charge in [0.05, 0.1) is 11.0 Å². The molecule has 1 aromatic carbocycles. The molecule has 150 valence electrons. The van der Waals surface area contributed by atoms with Crippen LogP contribution in [0, 0.1) is 10.1 Å². The number of anilines is 1. The van der Waals surface area contributed by atoms with E-state index in [1.165, 1.54) is 12.1 Å². The van der Waals surface area contributed by atoms with Gasteiger partial charge in [-0.3, -0.25) is 15.0 Å². The largest absolute Gasteiger partial charge is 0.391 e. The zero-order valence-electron chi connectivity index (χ0n) is 15.5. The number of nitro benzene ring substituents is 1. The summed E-state index contributed by atoms with van der Waals surface area (Å²) in [4.78, 5) is 12.9. The molecule has 8 nitrogen and oxygen atoms in total. The maximum atomic E-state index is 11.9. The molecule has 0 bridgehead atoms. The Morgan fingerprint density at radius 3 is 2.44 bits per heavy atom. The number of rotatable bonds is 5. The Kier molecular flexibility index (Phi) is 6.02. The summed E-state index contributed by atoms with van der Waals surface area (Å²) in [5.41, 5.74) is -0.135. The van der Waals surface area contributed by atoms with E-state index in [4.69, 9.17) is 0 Å². The van der Waals surface area contributed by atoms with Gasteiger partial charge in [-0.15, -0.1) is 0 Å². The molecule has 1 heterocycles. The zero-order chi connectivity index (χ0) is 19.6. The van der Waals surface area contributed by atoms with Crippen LogP contribution in [0.3, 0.4) is 0 Å². The second-order valence-corrected chi connectivity index (χ2v) is 9.54. The Hall–Kier alpha value is -1.71. The van der Waals surface area contributed by atoms with Gasteiger partial charge in [-0.05, 0) is 37.8 Å². The maximum Gasteiger partial charge on any atom is 0.310 e. The lowest BCUT2D eigenvalue weighted by atomic mass is 9.89. The first-order valence-corrected chi connectivity index (χ1v) is 11.3. The average molecular weight is 397 g/mol. The predicted molar refractivity (Wildman–Crippen MR) is 103 cm³/mol. The highest BCUT2D eigenvalue weighted by Gasteiger charge is 2.32. The molecule has 9 heteroatoms. The number of hydrogen-bond acceptors (Lipinski definition) is 7. The number of nitrogens with one attached hydrogen (secondary N) is 1. The quantitative estimate of drug-likeness (QED) is 0.578. The zero-order valence-corrected chi connectivity index (χ0v) is 16.3. The number of aliphatic hydroxyl groups excluding tert-OH is 1. The highest BCUT2D eigenvalue weighted by Crippen LogP contribution is 2.34. The van der Waals surface area contributed by atoms with Crippen molar-refractivity contribution in [1.82, 2.24) is 4.90 Å². The van der Waals surface area contributed by atoms with Crippen molar-refractivity contribution >= 4 is 21.2 Å². The van der Waals surface area contributed by atoms with Crippen molar-refractivity contribution in [3.8, 4) is 0 Å². The molecule has 0 spiro atoms. The molecule has 0 aromatic heterocycles. The van der Waals surface area contributed by atoms with Crippen molar-refractivity contribution in [3.05, 3.63) is 28.3 Å². The monoisotopic (exact) mass is 397 g/mol. The van der Waals surface area contributed by atoms with Crippen LogP contribution in [0.15, 0.2) is 23.1 Å². The number of sulfone groups is 1. The maximum absolute atomic E-state index is 11.9. The molecule has 2 aliphatic rings. The van der Waals surface area contributed by atoms with Crippen LogP contribution in [-0.2, 0) is 9.84 Å². The van der Waals surface area contributed by atoms with Gasteiger partial charge in [0.25, 0.3) is 0 Å². The van der Waals surface area contributed by atoms with Gasteiger partial charge in [0.1, 0.15) is 10.6 Å². The second-order valence-electron chi connectivity index (χ2n) is 7.56. The number of para-hydroxylation sites is 1. The number of aliphatic hydroxyl groups is 1. The fraction of sp³-hybridized carbons (Fsp3) is 0.667. The molecule has 1 aromatic rings. The summed E-state index contributed by atoms with van der Waals surface area (Å²) in [5, 5.41) is 24.9. The van der Waals surface area contributed by atoms with Crippen molar-refractivity contribution in [2.45, 2.75) is 61.6 Å². The summed E-state index contributed by atoms with van der Waals surface area (Å²) in [6.45, 7) is 1.64. The number of piperidine rings is 1. The van der Waals surface area contributed by atoms with E-state index in [1.54, 1.807) is 6.07 Å². The number of hydrogen-bond donors (Lipinski definition) is 2. The van der Waals surface area contributed by atoms with Crippen molar-refractivity contribution < 1.29 is 18.4 Å². The Morgan fingerprint density at radius 2 is 1.85 bits per heavy atom. The summed E-state index contributed by atoms with van der Waals surface area (Å²) in [5.74, 6) is 0. The van der Waals surface area contributed by atoms with E-state index < -0.39 is 14.8 Å². The summed E-state index contributed by atoms with van der Waals surface area (Å²) >= 11 is 0. The van der Waals surface area contributed by atoms with E-state index in [9.17, 15) is 23.6 Å². The van der Waals surface area contributed by atoms with Gasteiger partial charge in [-0.1, -0.05) is 18.9 Å². The van der Waals surface area contributed by atoms with E-state index in [2.05, 4.69) is 10.2 Å². The fourth-order valence-electron chi connectivity index (χ4n) is 4.24. The molecule has 1 saturated carbocycles. The number of nitro groups is 1. The molecule has 2 N–H and O–H groups in total. The van der Waals surface area contributed by atoms with E-state index in [1.807, 2.05) is 0 Å². The van der Waals surface area contributed by atoms with Crippen LogP contribution in [0.5, 0.6) is 0 Å².